The van der Waals surface area contributed by atoms with Crippen LogP contribution in [0.3, 0.4) is 0 Å². The number of nitrogens with zero attached hydrogens (tertiary/aromatic N) is 2. The quantitative estimate of drug-likeness (QED) is 0.766. The van der Waals surface area contributed by atoms with Gasteiger partial charge in [0.15, 0.2) is 5.82 Å². The molecule has 0 aliphatic heterocycles. The molecule has 0 bridgehead atoms. The van der Waals surface area contributed by atoms with Crippen molar-refractivity contribution in [3.8, 4) is 0 Å². The Bertz CT molecular complexity index is 386. The van der Waals surface area contributed by atoms with Crippen molar-refractivity contribution < 1.29 is 0 Å². The summed E-state index contributed by atoms with van der Waals surface area (Å²) >= 11 is 0. The Morgan fingerprint density at radius 2 is 2.25 bits per heavy atom. The van der Waals surface area contributed by atoms with Crippen LogP contribution < -0.4 is 16.6 Å². The monoisotopic (exact) mass is 224 g/mol. The second-order valence-corrected chi connectivity index (χ2v) is 4.46. The van der Waals surface area contributed by atoms with Crippen molar-refractivity contribution in [2.75, 3.05) is 11.9 Å². The fraction of sp³-hybridized carbons (Fsp3) is 0.636. The molecule has 1 aromatic heterocycles. The van der Waals surface area contributed by atoms with E-state index >= 15 is 0 Å². The topological polar surface area (TPSA) is 72.9 Å². The van der Waals surface area contributed by atoms with Crippen LogP contribution in [0.5, 0.6) is 0 Å². The molecule has 0 radical (unpaired) electrons. The molecule has 0 spiro atoms. The van der Waals surface area contributed by atoms with Crippen LogP contribution >= 0.6 is 0 Å². The van der Waals surface area contributed by atoms with E-state index in [4.69, 9.17) is 5.73 Å². The molecular weight excluding hydrogens is 204 g/mol. The minimum atomic E-state index is -0.126. The third-order valence-corrected chi connectivity index (χ3v) is 2.32. The van der Waals surface area contributed by atoms with Crippen LogP contribution in [-0.4, -0.2) is 22.1 Å². The van der Waals surface area contributed by atoms with Crippen molar-refractivity contribution >= 4 is 5.82 Å². The molecule has 90 valence electrons. The Kier molecular flexibility index (Phi) is 4.49. The average Bonchev–Trinajstić information content (AvgIpc) is 2.19. The zero-order valence-electron chi connectivity index (χ0n) is 10.1. The summed E-state index contributed by atoms with van der Waals surface area (Å²) in [6.45, 7) is 4.82. The van der Waals surface area contributed by atoms with Gasteiger partial charge in [0, 0.05) is 32.0 Å². The minimum absolute atomic E-state index is 0.0479. The standard InChI is InChI=1S/C11H20N4O/c1-8(2)6-9(12)7-14-10-11(16)15(3)5-4-13-10/h4-5,8-9H,6-7,12H2,1-3H3,(H,13,14). The summed E-state index contributed by atoms with van der Waals surface area (Å²) in [6, 6.07) is 0.0479. The molecule has 0 saturated carbocycles. The Morgan fingerprint density at radius 3 is 2.88 bits per heavy atom. The number of nitrogens with two attached hydrogens (primary N) is 1. The SMILES string of the molecule is CC(C)CC(N)CNc1nccn(C)c1=O. The molecule has 0 aliphatic carbocycles. The van der Waals surface area contributed by atoms with Crippen LogP contribution in [0.4, 0.5) is 5.82 Å². The highest BCUT2D eigenvalue weighted by Gasteiger charge is 2.07. The third-order valence-electron chi connectivity index (χ3n) is 2.32. The highest BCUT2D eigenvalue weighted by Crippen LogP contribution is 2.03. The van der Waals surface area contributed by atoms with Crippen molar-refractivity contribution in [3.63, 3.8) is 0 Å². The summed E-state index contributed by atoms with van der Waals surface area (Å²) in [7, 11) is 1.70. The molecule has 16 heavy (non-hydrogen) atoms. The lowest BCUT2D eigenvalue weighted by Crippen LogP contribution is -2.33. The molecule has 3 N–H and O–H groups in total. The smallest absolute Gasteiger partial charge is 0.293 e. The summed E-state index contributed by atoms with van der Waals surface area (Å²) in [5.74, 6) is 0.924. The van der Waals surface area contributed by atoms with Crippen molar-refractivity contribution in [2.24, 2.45) is 18.7 Å². The van der Waals surface area contributed by atoms with Gasteiger partial charge in [0.2, 0.25) is 0 Å². The van der Waals surface area contributed by atoms with Crippen LogP contribution in [0, 0.1) is 5.92 Å². The highest BCUT2D eigenvalue weighted by molar-refractivity contribution is 5.30. The first-order valence-corrected chi connectivity index (χ1v) is 5.51. The van der Waals surface area contributed by atoms with Crippen molar-refractivity contribution in [1.82, 2.24) is 9.55 Å². The van der Waals surface area contributed by atoms with E-state index in [2.05, 4.69) is 24.1 Å². The summed E-state index contributed by atoms with van der Waals surface area (Å²) < 4.78 is 1.49. The van der Waals surface area contributed by atoms with Crippen LogP contribution in [0.1, 0.15) is 20.3 Å². The molecule has 0 amide bonds. The number of rotatable bonds is 5. The van der Waals surface area contributed by atoms with Crippen LogP contribution in [0.2, 0.25) is 0 Å². The predicted molar refractivity (Wildman–Crippen MR) is 65.4 cm³/mol. The van der Waals surface area contributed by atoms with E-state index in [9.17, 15) is 4.79 Å². The second kappa shape index (κ2) is 5.65. The predicted octanol–water partition coefficient (Wildman–Crippen LogP) is 0.566. The maximum Gasteiger partial charge on any atom is 0.293 e. The lowest BCUT2D eigenvalue weighted by Gasteiger charge is -2.14. The van der Waals surface area contributed by atoms with Crippen LogP contribution in [-0.2, 0) is 7.05 Å². The first-order chi connectivity index (χ1) is 7.50. The number of hydrogen-bond acceptors (Lipinski definition) is 4. The van der Waals surface area contributed by atoms with Gasteiger partial charge in [0.05, 0.1) is 0 Å². The van der Waals surface area contributed by atoms with Crippen molar-refractivity contribution in [2.45, 2.75) is 26.3 Å². The van der Waals surface area contributed by atoms with E-state index in [0.29, 0.717) is 18.3 Å². The Balaban J connectivity index is 2.55. The van der Waals surface area contributed by atoms with Gasteiger partial charge in [0.25, 0.3) is 5.56 Å². The fourth-order valence-electron chi connectivity index (χ4n) is 1.54. The maximum absolute atomic E-state index is 11.6. The summed E-state index contributed by atoms with van der Waals surface area (Å²) in [6.07, 6.45) is 4.15. The van der Waals surface area contributed by atoms with Crippen LogP contribution in [0.25, 0.3) is 0 Å². The summed E-state index contributed by atoms with van der Waals surface area (Å²) in [5.41, 5.74) is 5.79. The van der Waals surface area contributed by atoms with Gasteiger partial charge in [-0.2, -0.15) is 0 Å². The van der Waals surface area contributed by atoms with E-state index in [-0.39, 0.29) is 11.6 Å². The molecule has 1 rings (SSSR count). The molecule has 0 aliphatic rings. The second-order valence-electron chi connectivity index (χ2n) is 4.46. The molecule has 1 atom stereocenters. The Labute approximate surface area is 95.7 Å². The van der Waals surface area contributed by atoms with Gasteiger partial charge in [-0.25, -0.2) is 4.98 Å². The van der Waals surface area contributed by atoms with Gasteiger partial charge >= 0.3 is 0 Å². The zero-order valence-corrected chi connectivity index (χ0v) is 10.1. The number of nitrogens with one attached hydrogen (secondary N) is 1. The Hall–Kier alpha value is -1.36. The maximum atomic E-state index is 11.6. The molecule has 0 aromatic carbocycles. The third kappa shape index (κ3) is 3.66. The molecule has 1 unspecified atom stereocenters. The van der Waals surface area contributed by atoms with E-state index in [1.807, 2.05) is 0 Å². The largest absolute Gasteiger partial charge is 0.364 e. The summed E-state index contributed by atoms with van der Waals surface area (Å²) in [4.78, 5) is 15.6. The lowest BCUT2D eigenvalue weighted by molar-refractivity contribution is 0.507. The molecule has 1 heterocycles. The van der Waals surface area contributed by atoms with Gasteiger partial charge in [-0.1, -0.05) is 13.8 Å². The van der Waals surface area contributed by atoms with E-state index in [1.165, 1.54) is 4.57 Å². The lowest BCUT2D eigenvalue weighted by atomic mass is 10.0. The first kappa shape index (κ1) is 12.7. The molecule has 5 nitrogen and oxygen atoms in total. The normalized spacial score (nSPS) is 12.8. The van der Waals surface area contributed by atoms with Gasteiger partial charge < -0.3 is 15.6 Å². The summed E-state index contributed by atoms with van der Waals surface area (Å²) in [5, 5.41) is 2.99. The van der Waals surface area contributed by atoms with Crippen molar-refractivity contribution in [1.29, 1.82) is 0 Å². The van der Waals surface area contributed by atoms with E-state index in [0.717, 1.165) is 6.42 Å². The number of aryl methyl sites for hydroxylation is 1. The van der Waals surface area contributed by atoms with Gasteiger partial charge in [0.1, 0.15) is 0 Å². The molecule has 1 aromatic rings. The van der Waals surface area contributed by atoms with E-state index in [1.54, 1.807) is 19.4 Å². The van der Waals surface area contributed by atoms with Crippen molar-refractivity contribution in [3.05, 3.63) is 22.7 Å². The minimum Gasteiger partial charge on any atom is -0.364 e. The Morgan fingerprint density at radius 1 is 1.56 bits per heavy atom. The highest BCUT2D eigenvalue weighted by atomic mass is 16.1. The molecular formula is C11H20N4O. The van der Waals surface area contributed by atoms with Crippen LogP contribution in [0.15, 0.2) is 17.2 Å². The fourth-order valence-corrected chi connectivity index (χ4v) is 1.54. The first-order valence-electron chi connectivity index (χ1n) is 5.51. The number of aromatic nitrogens is 2. The number of anilines is 1. The van der Waals surface area contributed by atoms with Gasteiger partial charge in [-0.05, 0) is 12.3 Å². The zero-order chi connectivity index (χ0) is 12.1. The van der Waals surface area contributed by atoms with Gasteiger partial charge in [-0.15, -0.1) is 0 Å². The average molecular weight is 224 g/mol. The molecule has 0 fully saturated rings. The number of hydrogen-bond donors (Lipinski definition) is 2. The van der Waals surface area contributed by atoms with Gasteiger partial charge in [-0.3, -0.25) is 4.79 Å². The molecule has 5 heteroatoms. The van der Waals surface area contributed by atoms with E-state index < -0.39 is 0 Å². The molecule has 0 saturated heterocycles.